The second-order valence-electron chi connectivity index (χ2n) is 4.31. The smallest absolute Gasteiger partial charge is 0.240 e. The van der Waals surface area contributed by atoms with E-state index >= 15 is 0 Å². The van der Waals surface area contributed by atoms with Crippen molar-refractivity contribution < 1.29 is 13.2 Å². The fraction of sp³-hybridized carbons (Fsp3) is 0.143. The first-order valence-corrected chi connectivity index (χ1v) is 7.64. The van der Waals surface area contributed by atoms with Crippen LogP contribution in [0, 0.1) is 0 Å². The number of anilines is 1. The maximum absolute atomic E-state index is 11.4. The van der Waals surface area contributed by atoms with E-state index in [1.165, 1.54) is 17.7 Å². The molecular formula is C14H16N2O3S. The van der Waals surface area contributed by atoms with Gasteiger partial charge in [-0.15, -0.1) is 0 Å². The highest BCUT2D eigenvalue weighted by atomic mass is 32.2. The van der Waals surface area contributed by atoms with Gasteiger partial charge in [0.2, 0.25) is 10.0 Å². The standard InChI is InChI=1S/C14H16N2O3S/c1-2-10-6-8-11(9-7-10)19-12-4-3-5-13(14(12)15)20(16,17)18/h3-9H,2,15H2,1H3,(H2,16,17,18). The van der Waals surface area contributed by atoms with Gasteiger partial charge in [0.05, 0.1) is 5.69 Å². The zero-order valence-corrected chi connectivity index (χ0v) is 11.9. The van der Waals surface area contributed by atoms with Crippen LogP contribution in [0.1, 0.15) is 12.5 Å². The molecule has 0 bridgehead atoms. The van der Waals surface area contributed by atoms with Crippen molar-refractivity contribution in [3.8, 4) is 11.5 Å². The third kappa shape index (κ3) is 3.09. The third-order valence-corrected chi connectivity index (χ3v) is 3.86. The Morgan fingerprint density at radius 1 is 1.10 bits per heavy atom. The van der Waals surface area contributed by atoms with E-state index in [-0.39, 0.29) is 16.3 Å². The van der Waals surface area contributed by atoms with E-state index in [0.29, 0.717) is 5.75 Å². The van der Waals surface area contributed by atoms with Gasteiger partial charge in [0.1, 0.15) is 10.6 Å². The number of ether oxygens (including phenoxy) is 1. The Morgan fingerprint density at radius 3 is 2.30 bits per heavy atom. The highest BCUT2D eigenvalue weighted by Gasteiger charge is 2.15. The number of nitrogen functional groups attached to an aromatic ring is 1. The van der Waals surface area contributed by atoms with Gasteiger partial charge in [-0.3, -0.25) is 0 Å². The van der Waals surface area contributed by atoms with Crippen molar-refractivity contribution in [1.29, 1.82) is 0 Å². The fourth-order valence-corrected chi connectivity index (χ4v) is 2.46. The Hall–Kier alpha value is -2.05. The molecule has 0 aliphatic heterocycles. The molecule has 0 amide bonds. The van der Waals surface area contributed by atoms with Gasteiger partial charge < -0.3 is 10.5 Å². The van der Waals surface area contributed by atoms with Crippen molar-refractivity contribution in [3.05, 3.63) is 48.0 Å². The van der Waals surface area contributed by atoms with E-state index in [4.69, 9.17) is 15.6 Å². The summed E-state index contributed by atoms with van der Waals surface area (Å²) < 4.78 is 28.4. The Balaban J connectivity index is 2.34. The van der Waals surface area contributed by atoms with E-state index in [9.17, 15) is 8.42 Å². The molecule has 2 aromatic carbocycles. The first kappa shape index (κ1) is 14.4. The maximum atomic E-state index is 11.4. The fourth-order valence-electron chi connectivity index (χ4n) is 1.78. The average molecular weight is 292 g/mol. The monoisotopic (exact) mass is 292 g/mol. The number of sulfonamides is 1. The summed E-state index contributed by atoms with van der Waals surface area (Å²) in [4.78, 5) is -0.139. The molecule has 0 atom stereocenters. The Kier molecular flexibility index (Phi) is 3.96. The minimum Gasteiger partial charge on any atom is -0.455 e. The summed E-state index contributed by atoms with van der Waals surface area (Å²) in [7, 11) is -3.86. The van der Waals surface area contributed by atoms with Crippen LogP contribution in [0.3, 0.4) is 0 Å². The first-order valence-electron chi connectivity index (χ1n) is 6.10. The van der Waals surface area contributed by atoms with E-state index in [0.717, 1.165) is 6.42 Å². The van der Waals surface area contributed by atoms with Crippen LogP contribution in [-0.4, -0.2) is 8.42 Å². The lowest BCUT2D eigenvalue weighted by Crippen LogP contribution is -2.14. The predicted octanol–water partition coefficient (Wildman–Crippen LogP) is 2.27. The molecule has 0 aromatic heterocycles. The van der Waals surface area contributed by atoms with Crippen LogP contribution >= 0.6 is 0 Å². The molecule has 0 unspecified atom stereocenters. The zero-order chi connectivity index (χ0) is 14.8. The molecule has 106 valence electrons. The van der Waals surface area contributed by atoms with E-state index < -0.39 is 10.0 Å². The van der Waals surface area contributed by atoms with Crippen LogP contribution in [-0.2, 0) is 16.4 Å². The molecular weight excluding hydrogens is 276 g/mol. The summed E-state index contributed by atoms with van der Waals surface area (Å²) in [5.41, 5.74) is 6.98. The van der Waals surface area contributed by atoms with Crippen molar-refractivity contribution in [1.82, 2.24) is 0 Å². The molecule has 2 aromatic rings. The van der Waals surface area contributed by atoms with Gasteiger partial charge in [-0.05, 0) is 36.2 Å². The highest BCUT2D eigenvalue weighted by Crippen LogP contribution is 2.31. The lowest BCUT2D eigenvalue weighted by atomic mass is 10.2. The van der Waals surface area contributed by atoms with Crippen LogP contribution in [0.2, 0.25) is 0 Å². The van der Waals surface area contributed by atoms with E-state index in [1.807, 2.05) is 24.3 Å². The molecule has 0 aliphatic rings. The number of para-hydroxylation sites is 1. The molecule has 0 fully saturated rings. The average Bonchev–Trinajstić information content (AvgIpc) is 2.40. The molecule has 4 N–H and O–H groups in total. The summed E-state index contributed by atoms with van der Waals surface area (Å²) >= 11 is 0. The number of aryl methyl sites for hydroxylation is 1. The van der Waals surface area contributed by atoms with Gasteiger partial charge in [0.15, 0.2) is 5.75 Å². The predicted molar refractivity (Wildman–Crippen MR) is 78.1 cm³/mol. The summed E-state index contributed by atoms with van der Waals surface area (Å²) in [6.07, 6.45) is 0.934. The largest absolute Gasteiger partial charge is 0.455 e. The molecule has 20 heavy (non-hydrogen) atoms. The molecule has 2 rings (SSSR count). The van der Waals surface area contributed by atoms with Crippen molar-refractivity contribution in [2.24, 2.45) is 5.14 Å². The Morgan fingerprint density at radius 2 is 1.75 bits per heavy atom. The highest BCUT2D eigenvalue weighted by molar-refractivity contribution is 7.89. The SMILES string of the molecule is CCc1ccc(Oc2cccc(S(N)(=O)=O)c2N)cc1. The van der Waals surface area contributed by atoms with E-state index in [2.05, 4.69) is 6.92 Å². The summed E-state index contributed by atoms with van der Waals surface area (Å²) in [5.74, 6) is 0.848. The molecule has 5 nitrogen and oxygen atoms in total. The molecule has 0 spiro atoms. The summed E-state index contributed by atoms with van der Waals surface area (Å²) in [6, 6.07) is 12.0. The van der Waals surface area contributed by atoms with Gasteiger partial charge in [-0.2, -0.15) is 0 Å². The number of hydrogen-bond acceptors (Lipinski definition) is 4. The van der Waals surface area contributed by atoms with Gasteiger partial charge in [-0.1, -0.05) is 25.1 Å². The van der Waals surface area contributed by atoms with Crippen molar-refractivity contribution >= 4 is 15.7 Å². The molecule has 0 heterocycles. The van der Waals surface area contributed by atoms with Gasteiger partial charge in [0, 0.05) is 0 Å². The molecule has 6 heteroatoms. The number of benzene rings is 2. The number of primary sulfonamides is 1. The third-order valence-electron chi connectivity index (χ3n) is 2.89. The minimum absolute atomic E-state index is 0.00886. The van der Waals surface area contributed by atoms with Crippen LogP contribution in [0.5, 0.6) is 11.5 Å². The minimum atomic E-state index is -3.86. The normalized spacial score (nSPS) is 11.3. The molecule has 0 radical (unpaired) electrons. The van der Waals surface area contributed by atoms with Crippen LogP contribution in [0.15, 0.2) is 47.4 Å². The van der Waals surface area contributed by atoms with E-state index in [1.54, 1.807) is 6.07 Å². The molecule has 0 saturated heterocycles. The topological polar surface area (TPSA) is 95.4 Å². The van der Waals surface area contributed by atoms with Crippen LogP contribution < -0.4 is 15.6 Å². The quantitative estimate of drug-likeness (QED) is 0.845. The number of hydrogen-bond donors (Lipinski definition) is 2. The first-order chi connectivity index (χ1) is 9.41. The van der Waals surface area contributed by atoms with Crippen LogP contribution in [0.4, 0.5) is 5.69 Å². The summed E-state index contributed by atoms with van der Waals surface area (Å²) in [6.45, 7) is 2.06. The second kappa shape index (κ2) is 5.52. The van der Waals surface area contributed by atoms with Crippen LogP contribution in [0.25, 0.3) is 0 Å². The summed E-state index contributed by atoms with van der Waals surface area (Å²) in [5, 5.41) is 5.09. The molecule has 0 aliphatic carbocycles. The maximum Gasteiger partial charge on any atom is 0.240 e. The lowest BCUT2D eigenvalue weighted by molar-refractivity contribution is 0.483. The second-order valence-corrected chi connectivity index (χ2v) is 5.84. The van der Waals surface area contributed by atoms with Gasteiger partial charge >= 0.3 is 0 Å². The molecule has 0 saturated carbocycles. The van der Waals surface area contributed by atoms with Crippen molar-refractivity contribution in [2.45, 2.75) is 18.2 Å². The number of nitrogens with two attached hydrogens (primary N) is 2. The van der Waals surface area contributed by atoms with Crippen molar-refractivity contribution in [2.75, 3.05) is 5.73 Å². The zero-order valence-electron chi connectivity index (χ0n) is 11.0. The Bertz CT molecular complexity index is 710. The Labute approximate surface area is 118 Å². The lowest BCUT2D eigenvalue weighted by Gasteiger charge is -2.11. The number of rotatable bonds is 4. The van der Waals surface area contributed by atoms with Gasteiger partial charge in [-0.25, -0.2) is 13.6 Å². The van der Waals surface area contributed by atoms with Crippen molar-refractivity contribution in [3.63, 3.8) is 0 Å². The van der Waals surface area contributed by atoms with Gasteiger partial charge in [0.25, 0.3) is 0 Å².